The van der Waals surface area contributed by atoms with Gasteiger partial charge in [0.2, 0.25) is 0 Å². The Labute approximate surface area is 103 Å². The number of nitrogens with two attached hydrogens (primary N) is 1. The third-order valence-electron chi connectivity index (χ3n) is 2.54. The number of hydrogen-bond acceptors (Lipinski definition) is 2. The quantitative estimate of drug-likeness (QED) is 0.461. The molecule has 1 atom stereocenters. The first-order chi connectivity index (χ1) is 7.56. The Hall–Kier alpha value is -0.0800. The summed E-state index contributed by atoms with van der Waals surface area (Å²) >= 11 is 0. The molecule has 0 rings (SSSR count). The molecule has 0 aromatic rings. The van der Waals surface area contributed by atoms with Crippen LogP contribution in [0.5, 0.6) is 0 Å². The summed E-state index contributed by atoms with van der Waals surface area (Å²) in [5.74, 6) is 0. The Bertz CT molecular complexity index is 118. The van der Waals surface area contributed by atoms with Crippen LogP contribution in [-0.4, -0.2) is 10.8 Å². The minimum Gasteiger partial charge on any atom is -0.376 e. The summed E-state index contributed by atoms with van der Waals surface area (Å²) in [5.41, 5.74) is 4.52. The van der Waals surface area contributed by atoms with Crippen molar-refractivity contribution in [3.8, 4) is 0 Å². The molecule has 1 unspecified atom stereocenters. The summed E-state index contributed by atoms with van der Waals surface area (Å²) in [6.07, 6.45) is 11.1. The summed E-state index contributed by atoms with van der Waals surface area (Å²) < 4.78 is 0. The maximum absolute atomic E-state index is 9.27. The molecule has 2 nitrogen and oxygen atoms in total. The predicted molar refractivity (Wildman–Crippen MR) is 73.4 cm³/mol. The second-order valence-electron chi connectivity index (χ2n) is 4.58. The Morgan fingerprint density at radius 1 is 0.875 bits per heavy atom. The van der Waals surface area contributed by atoms with Gasteiger partial charge in [-0.1, -0.05) is 65.7 Å². The minimum absolute atomic E-state index is 0.724. The topological polar surface area (TPSA) is 46.2 Å². The fraction of sp³-hybridized carbons (Fsp3) is 1.00. The third-order valence-corrected chi connectivity index (χ3v) is 2.54. The highest BCUT2D eigenvalue weighted by Gasteiger charge is 2.10. The standard InChI is InChI=1S/C12H27NO.C2H6/c1-3-4-5-6-7-8-9-10-11-12(2,13)14;1-2/h14H,3-11,13H2,1-2H3;1-2H3. The summed E-state index contributed by atoms with van der Waals surface area (Å²) in [6, 6.07) is 0. The van der Waals surface area contributed by atoms with Crippen molar-refractivity contribution in [2.45, 2.75) is 91.2 Å². The summed E-state index contributed by atoms with van der Waals surface area (Å²) in [7, 11) is 0. The van der Waals surface area contributed by atoms with Gasteiger partial charge in [0.05, 0.1) is 0 Å². The van der Waals surface area contributed by atoms with E-state index < -0.39 is 5.72 Å². The van der Waals surface area contributed by atoms with Crippen molar-refractivity contribution in [1.82, 2.24) is 0 Å². The Morgan fingerprint density at radius 3 is 1.62 bits per heavy atom. The molecule has 0 aliphatic rings. The lowest BCUT2D eigenvalue weighted by Crippen LogP contribution is -2.35. The van der Waals surface area contributed by atoms with Crippen molar-refractivity contribution in [3.05, 3.63) is 0 Å². The lowest BCUT2D eigenvalue weighted by Gasteiger charge is -2.16. The van der Waals surface area contributed by atoms with Crippen molar-refractivity contribution in [2.24, 2.45) is 5.73 Å². The summed E-state index contributed by atoms with van der Waals surface area (Å²) in [4.78, 5) is 0. The molecule has 0 aromatic carbocycles. The van der Waals surface area contributed by atoms with E-state index in [1.807, 2.05) is 13.8 Å². The molecule has 0 aromatic heterocycles. The molecule has 0 bridgehead atoms. The van der Waals surface area contributed by atoms with E-state index in [1.54, 1.807) is 6.92 Å². The van der Waals surface area contributed by atoms with Crippen LogP contribution in [0.3, 0.4) is 0 Å². The molecule has 0 saturated heterocycles. The highest BCUT2D eigenvalue weighted by molar-refractivity contribution is 4.62. The van der Waals surface area contributed by atoms with Gasteiger partial charge in [-0.2, -0.15) is 0 Å². The second-order valence-corrected chi connectivity index (χ2v) is 4.58. The Morgan fingerprint density at radius 2 is 1.25 bits per heavy atom. The second kappa shape index (κ2) is 13.0. The zero-order valence-corrected chi connectivity index (χ0v) is 11.9. The zero-order chi connectivity index (χ0) is 12.9. The van der Waals surface area contributed by atoms with Crippen molar-refractivity contribution in [1.29, 1.82) is 0 Å². The van der Waals surface area contributed by atoms with Gasteiger partial charge < -0.3 is 10.8 Å². The van der Waals surface area contributed by atoms with Crippen LogP contribution >= 0.6 is 0 Å². The van der Waals surface area contributed by atoms with E-state index in [2.05, 4.69) is 6.92 Å². The molecule has 2 heteroatoms. The molecular weight excluding hydrogens is 198 g/mol. The smallest absolute Gasteiger partial charge is 0.110 e. The van der Waals surface area contributed by atoms with E-state index in [1.165, 1.54) is 44.9 Å². The van der Waals surface area contributed by atoms with Crippen LogP contribution in [0.2, 0.25) is 0 Å². The Balaban J connectivity index is 0. The van der Waals surface area contributed by atoms with E-state index in [0.717, 1.165) is 12.8 Å². The molecule has 0 aliphatic carbocycles. The van der Waals surface area contributed by atoms with E-state index in [-0.39, 0.29) is 0 Å². The molecule has 0 spiro atoms. The number of aliphatic hydroxyl groups is 1. The molecule has 0 heterocycles. The van der Waals surface area contributed by atoms with Crippen LogP contribution in [0.25, 0.3) is 0 Å². The molecule has 0 aliphatic heterocycles. The zero-order valence-electron chi connectivity index (χ0n) is 11.9. The minimum atomic E-state index is -0.956. The van der Waals surface area contributed by atoms with Crippen LogP contribution in [0.4, 0.5) is 0 Å². The van der Waals surface area contributed by atoms with Crippen molar-refractivity contribution >= 4 is 0 Å². The lowest BCUT2D eigenvalue weighted by atomic mass is 10.0. The number of rotatable bonds is 9. The van der Waals surface area contributed by atoms with Crippen LogP contribution in [0.15, 0.2) is 0 Å². The van der Waals surface area contributed by atoms with Gasteiger partial charge in [0.15, 0.2) is 0 Å². The van der Waals surface area contributed by atoms with Gasteiger partial charge in [0.25, 0.3) is 0 Å². The first kappa shape index (κ1) is 18.3. The predicted octanol–water partition coefficient (Wildman–Crippen LogP) is 4.21. The third kappa shape index (κ3) is 19.5. The normalized spacial score (nSPS) is 13.9. The maximum Gasteiger partial charge on any atom is 0.110 e. The monoisotopic (exact) mass is 231 g/mol. The van der Waals surface area contributed by atoms with Gasteiger partial charge in [-0.05, 0) is 19.8 Å². The van der Waals surface area contributed by atoms with Gasteiger partial charge in [0, 0.05) is 0 Å². The first-order valence-corrected chi connectivity index (χ1v) is 7.07. The van der Waals surface area contributed by atoms with Gasteiger partial charge in [-0.15, -0.1) is 0 Å². The average Bonchev–Trinajstić information content (AvgIpc) is 2.23. The molecule has 0 amide bonds. The summed E-state index contributed by atoms with van der Waals surface area (Å²) in [6.45, 7) is 7.91. The van der Waals surface area contributed by atoms with E-state index in [4.69, 9.17) is 5.73 Å². The van der Waals surface area contributed by atoms with E-state index in [9.17, 15) is 5.11 Å². The van der Waals surface area contributed by atoms with Crippen molar-refractivity contribution < 1.29 is 5.11 Å². The van der Waals surface area contributed by atoms with Gasteiger partial charge in [0.1, 0.15) is 5.72 Å². The van der Waals surface area contributed by atoms with E-state index >= 15 is 0 Å². The van der Waals surface area contributed by atoms with Crippen molar-refractivity contribution in [2.75, 3.05) is 0 Å². The van der Waals surface area contributed by atoms with Crippen molar-refractivity contribution in [3.63, 3.8) is 0 Å². The molecule has 0 fully saturated rings. The molecule has 0 saturated carbocycles. The molecule has 3 N–H and O–H groups in total. The largest absolute Gasteiger partial charge is 0.376 e. The fourth-order valence-electron chi connectivity index (χ4n) is 1.62. The van der Waals surface area contributed by atoms with Gasteiger partial charge in [-0.3, -0.25) is 0 Å². The molecule has 0 radical (unpaired) electrons. The van der Waals surface area contributed by atoms with Crippen LogP contribution in [-0.2, 0) is 0 Å². The summed E-state index contributed by atoms with van der Waals surface area (Å²) in [5, 5.41) is 9.27. The van der Waals surface area contributed by atoms with Gasteiger partial charge in [-0.25, -0.2) is 0 Å². The van der Waals surface area contributed by atoms with Crippen LogP contribution in [0, 0.1) is 0 Å². The molecular formula is C14H33NO. The number of hydrogen-bond donors (Lipinski definition) is 2. The van der Waals surface area contributed by atoms with Crippen LogP contribution < -0.4 is 5.73 Å². The number of unbranched alkanes of at least 4 members (excludes halogenated alkanes) is 7. The van der Waals surface area contributed by atoms with E-state index in [0.29, 0.717) is 0 Å². The fourth-order valence-corrected chi connectivity index (χ4v) is 1.62. The molecule has 100 valence electrons. The highest BCUT2D eigenvalue weighted by Crippen LogP contribution is 2.12. The molecule has 16 heavy (non-hydrogen) atoms. The lowest BCUT2D eigenvalue weighted by molar-refractivity contribution is 0.0550. The Kier molecular flexibility index (Phi) is 14.8. The highest BCUT2D eigenvalue weighted by atomic mass is 16.3. The average molecular weight is 231 g/mol. The van der Waals surface area contributed by atoms with Gasteiger partial charge >= 0.3 is 0 Å². The first-order valence-electron chi connectivity index (χ1n) is 7.07. The van der Waals surface area contributed by atoms with Crippen LogP contribution in [0.1, 0.15) is 85.5 Å². The maximum atomic E-state index is 9.27. The SMILES string of the molecule is CC.CCCCCCCCCCC(C)(N)O.